The molecule has 0 spiro atoms. The van der Waals surface area contributed by atoms with Gasteiger partial charge < -0.3 is 0 Å². The summed E-state index contributed by atoms with van der Waals surface area (Å²) >= 11 is 0. The van der Waals surface area contributed by atoms with E-state index in [4.69, 9.17) is 0 Å². The number of fused-ring (bicyclic) bond motifs is 1. The topological polar surface area (TPSA) is 0 Å². The van der Waals surface area contributed by atoms with E-state index in [1.807, 2.05) is 19.9 Å². The summed E-state index contributed by atoms with van der Waals surface area (Å²) in [5.41, 5.74) is 6.08. The summed E-state index contributed by atoms with van der Waals surface area (Å²) in [6.07, 6.45) is 7.90. The molecule has 0 saturated heterocycles. The first-order chi connectivity index (χ1) is 14.7. The SMILES string of the molecule is CC.CC(C)c1ccccc1.c1ccc(CCCC2CCc3ccccc3C2)cc1. The molecule has 0 aromatic heterocycles. The highest BCUT2D eigenvalue weighted by atomic mass is 14.2. The normalized spacial score (nSPS) is 14.6. The zero-order valence-corrected chi connectivity index (χ0v) is 19.5. The summed E-state index contributed by atoms with van der Waals surface area (Å²) < 4.78 is 0. The highest BCUT2D eigenvalue weighted by Crippen LogP contribution is 2.28. The molecule has 0 aliphatic heterocycles. The molecule has 0 radical (unpaired) electrons. The van der Waals surface area contributed by atoms with E-state index in [1.165, 1.54) is 49.7 Å². The highest BCUT2D eigenvalue weighted by molar-refractivity contribution is 5.29. The van der Waals surface area contributed by atoms with E-state index in [0.717, 1.165) is 5.92 Å². The molecule has 0 amide bonds. The highest BCUT2D eigenvalue weighted by Gasteiger charge is 2.17. The van der Waals surface area contributed by atoms with Gasteiger partial charge in [-0.1, -0.05) is 113 Å². The molecule has 1 aliphatic rings. The van der Waals surface area contributed by atoms with Crippen LogP contribution in [0.1, 0.15) is 75.1 Å². The number of rotatable bonds is 5. The Morgan fingerprint density at radius 3 is 1.90 bits per heavy atom. The van der Waals surface area contributed by atoms with Crippen molar-refractivity contribution in [2.24, 2.45) is 5.92 Å². The van der Waals surface area contributed by atoms with Crippen molar-refractivity contribution >= 4 is 0 Å². The second-order valence-corrected chi connectivity index (χ2v) is 8.32. The third kappa shape index (κ3) is 8.19. The minimum atomic E-state index is 0.659. The van der Waals surface area contributed by atoms with Gasteiger partial charge in [0, 0.05) is 0 Å². The molecule has 30 heavy (non-hydrogen) atoms. The smallest absolute Gasteiger partial charge is 0.0219 e. The van der Waals surface area contributed by atoms with Crippen LogP contribution in [0.15, 0.2) is 84.9 Å². The Hall–Kier alpha value is -2.34. The van der Waals surface area contributed by atoms with E-state index in [1.54, 1.807) is 11.1 Å². The largest absolute Gasteiger partial charge is 0.0683 e. The minimum Gasteiger partial charge on any atom is -0.0683 e. The van der Waals surface area contributed by atoms with Gasteiger partial charge in [-0.05, 0) is 72.6 Å². The zero-order valence-electron chi connectivity index (χ0n) is 19.5. The van der Waals surface area contributed by atoms with E-state index in [9.17, 15) is 0 Å². The van der Waals surface area contributed by atoms with E-state index in [2.05, 4.69) is 92.7 Å². The van der Waals surface area contributed by atoms with Gasteiger partial charge in [-0.15, -0.1) is 0 Å². The molecule has 0 N–H and O–H groups in total. The van der Waals surface area contributed by atoms with Gasteiger partial charge >= 0.3 is 0 Å². The van der Waals surface area contributed by atoms with Gasteiger partial charge in [0.2, 0.25) is 0 Å². The van der Waals surface area contributed by atoms with Gasteiger partial charge in [0.1, 0.15) is 0 Å². The van der Waals surface area contributed by atoms with Crippen LogP contribution in [0.3, 0.4) is 0 Å². The standard InChI is InChI=1S/C19H22.C9H12.C2H6/c1-2-7-16(8-3-1)9-6-10-17-13-14-18-11-4-5-12-19(18)15-17;1-8(2)9-6-4-3-5-7-9;1-2/h1-5,7-8,11-12,17H,6,9-10,13-15H2;3-8H,1-2H3;1-2H3. The van der Waals surface area contributed by atoms with Crippen molar-refractivity contribution in [3.63, 3.8) is 0 Å². The maximum Gasteiger partial charge on any atom is -0.0219 e. The second kappa shape index (κ2) is 13.8. The lowest BCUT2D eigenvalue weighted by molar-refractivity contribution is 0.415. The molecule has 0 nitrogen and oxygen atoms in total. The van der Waals surface area contributed by atoms with Crippen LogP contribution in [0.25, 0.3) is 0 Å². The third-order valence-electron chi connectivity index (χ3n) is 5.84. The molecule has 4 rings (SSSR count). The number of hydrogen-bond acceptors (Lipinski definition) is 0. The van der Waals surface area contributed by atoms with E-state index in [-0.39, 0.29) is 0 Å². The molecule has 1 atom stereocenters. The molecule has 0 heterocycles. The fourth-order valence-electron chi connectivity index (χ4n) is 4.10. The van der Waals surface area contributed by atoms with Crippen LogP contribution in [0.4, 0.5) is 0 Å². The average molecular weight is 401 g/mol. The average Bonchev–Trinajstić information content (AvgIpc) is 2.82. The summed E-state index contributed by atoms with van der Waals surface area (Å²) in [7, 11) is 0. The van der Waals surface area contributed by atoms with Crippen LogP contribution < -0.4 is 0 Å². The molecular weight excluding hydrogens is 360 g/mol. The zero-order chi connectivity index (χ0) is 21.6. The molecule has 1 aliphatic carbocycles. The Morgan fingerprint density at radius 2 is 1.30 bits per heavy atom. The number of aryl methyl sites for hydroxylation is 2. The summed E-state index contributed by atoms with van der Waals surface area (Å²) in [6, 6.07) is 30.4. The Morgan fingerprint density at radius 1 is 0.733 bits per heavy atom. The number of benzene rings is 3. The molecule has 0 bridgehead atoms. The van der Waals surface area contributed by atoms with Gasteiger partial charge in [-0.3, -0.25) is 0 Å². The quantitative estimate of drug-likeness (QED) is 0.402. The van der Waals surface area contributed by atoms with E-state index >= 15 is 0 Å². The van der Waals surface area contributed by atoms with Crippen molar-refractivity contribution in [3.05, 3.63) is 107 Å². The lowest BCUT2D eigenvalue weighted by Gasteiger charge is -2.24. The Bertz CT molecular complexity index is 802. The van der Waals surface area contributed by atoms with E-state index < -0.39 is 0 Å². The van der Waals surface area contributed by atoms with Crippen LogP contribution in [-0.4, -0.2) is 0 Å². The third-order valence-corrected chi connectivity index (χ3v) is 5.84. The summed E-state index contributed by atoms with van der Waals surface area (Å²) in [5, 5.41) is 0. The molecule has 160 valence electrons. The summed E-state index contributed by atoms with van der Waals surface area (Å²) in [6.45, 7) is 8.41. The maximum absolute atomic E-state index is 2.32. The lowest BCUT2D eigenvalue weighted by atomic mass is 9.81. The second-order valence-electron chi connectivity index (χ2n) is 8.32. The predicted molar refractivity (Wildman–Crippen MR) is 133 cm³/mol. The maximum atomic E-state index is 2.32. The predicted octanol–water partition coefficient (Wildman–Crippen LogP) is 8.65. The van der Waals surface area contributed by atoms with Crippen molar-refractivity contribution in [2.45, 2.75) is 72.1 Å². The Balaban J connectivity index is 0.000000245. The van der Waals surface area contributed by atoms with E-state index in [0.29, 0.717) is 5.92 Å². The first-order valence-corrected chi connectivity index (χ1v) is 11.9. The minimum absolute atomic E-state index is 0.659. The van der Waals surface area contributed by atoms with Crippen LogP contribution in [-0.2, 0) is 19.3 Å². The first-order valence-electron chi connectivity index (χ1n) is 11.9. The summed E-state index contributed by atoms with van der Waals surface area (Å²) in [5.74, 6) is 1.56. The molecule has 0 fully saturated rings. The Labute approximate surface area is 185 Å². The molecule has 0 saturated carbocycles. The van der Waals surface area contributed by atoms with Crippen molar-refractivity contribution < 1.29 is 0 Å². The molecule has 0 heteroatoms. The van der Waals surface area contributed by atoms with Crippen molar-refractivity contribution in [2.75, 3.05) is 0 Å². The van der Waals surface area contributed by atoms with Gasteiger partial charge in [0.25, 0.3) is 0 Å². The van der Waals surface area contributed by atoms with Crippen LogP contribution in [0.2, 0.25) is 0 Å². The fraction of sp³-hybridized carbons (Fsp3) is 0.400. The van der Waals surface area contributed by atoms with Crippen LogP contribution in [0.5, 0.6) is 0 Å². The molecular formula is C30H40. The molecule has 1 unspecified atom stereocenters. The molecule has 3 aromatic carbocycles. The van der Waals surface area contributed by atoms with Crippen molar-refractivity contribution in [1.82, 2.24) is 0 Å². The molecule has 3 aromatic rings. The monoisotopic (exact) mass is 400 g/mol. The first kappa shape index (κ1) is 23.9. The van der Waals surface area contributed by atoms with Gasteiger partial charge in [0.05, 0.1) is 0 Å². The van der Waals surface area contributed by atoms with Crippen molar-refractivity contribution in [3.8, 4) is 0 Å². The lowest BCUT2D eigenvalue weighted by Crippen LogP contribution is -2.14. The van der Waals surface area contributed by atoms with Crippen LogP contribution >= 0.6 is 0 Å². The van der Waals surface area contributed by atoms with Gasteiger partial charge in [0.15, 0.2) is 0 Å². The van der Waals surface area contributed by atoms with Crippen LogP contribution in [0, 0.1) is 5.92 Å². The number of hydrogen-bond donors (Lipinski definition) is 0. The van der Waals surface area contributed by atoms with Gasteiger partial charge in [-0.25, -0.2) is 0 Å². The fourth-order valence-corrected chi connectivity index (χ4v) is 4.10. The van der Waals surface area contributed by atoms with Gasteiger partial charge in [-0.2, -0.15) is 0 Å². The summed E-state index contributed by atoms with van der Waals surface area (Å²) in [4.78, 5) is 0. The van der Waals surface area contributed by atoms with Crippen molar-refractivity contribution in [1.29, 1.82) is 0 Å². The Kier molecular flexibility index (Phi) is 11.0.